The molecular formula is C24H38N4O4. The second kappa shape index (κ2) is 9.87. The van der Waals surface area contributed by atoms with Gasteiger partial charge in [0.2, 0.25) is 5.91 Å². The van der Waals surface area contributed by atoms with Crippen LogP contribution >= 0.6 is 0 Å². The fraction of sp³-hybridized carbons (Fsp3) is 0.667. The Morgan fingerprint density at radius 1 is 1.09 bits per heavy atom. The molecule has 0 aliphatic carbocycles. The average Bonchev–Trinajstić information content (AvgIpc) is 2.98. The number of benzene rings is 1. The van der Waals surface area contributed by atoms with Gasteiger partial charge in [0.1, 0.15) is 5.54 Å². The number of likely N-dealkylation sites (tertiary alicyclic amines) is 1. The van der Waals surface area contributed by atoms with Crippen LogP contribution in [-0.2, 0) is 16.1 Å². The summed E-state index contributed by atoms with van der Waals surface area (Å²) in [4.78, 5) is 25.0. The number of carboxylic acids is 1. The third-order valence-electron chi connectivity index (χ3n) is 7.02. The van der Waals surface area contributed by atoms with E-state index in [4.69, 9.17) is 5.11 Å². The summed E-state index contributed by atoms with van der Waals surface area (Å²) in [5, 5.41) is 29.0. The minimum absolute atomic E-state index is 0.166. The molecule has 3 saturated heterocycles. The summed E-state index contributed by atoms with van der Waals surface area (Å²) in [7, 11) is 0. The number of carbonyl (C=O) groups is 2. The molecule has 0 aromatic heterocycles. The lowest BCUT2D eigenvalue weighted by molar-refractivity contribution is -0.154. The van der Waals surface area contributed by atoms with Crippen LogP contribution in [0.3, 0.4) is 0 Å². The zero-order valence-electron chi connectivity index (χ0n) is 19.5. The van der Waals surface area contributed by atoms with E-state index in [1.165, 1.54) is 5.56 Å². The number of hydrogen-bond donors (Lipinski definition) is 5. The highest BCUT2D eigenvalue weighted by Crippen LogP contribution is 2.30. The molecule has 1 aromatic rings. The number of piperidine rings is 2. The minimum atomic E-state index is -1.06. The van der Waals surface area contributed by atoms with Crippen molar-refractivity contribution in [2.75, 3.05) is 26.2 Å². The van der Waals surface area contributed by atoms with Gasteiger partial charge in [0.15, 0.2) is 0 Å². The molecule has 1 unspecified atom stereocenters. The van der Waals surface area contributed by atoms with Crippen LogP contribution in [0.15, 0.2) is 30.3 Å². The number of aliphatic hydroxyl groups is 1. The summed E-state index contributed by atoms with van der Waals surface area (Å²) in [5.41, 5.74) is -0.346. The normalized spacial score (nSPS) is 24.8. The number of aliphatic carboxylic acids is 1. The van der Waals surface area contributed by atoms with Crippen LogP contribution < -0.4 is 16.0 Å². The minimum Gasteiger partial charge on any atom is -0.481 e. The molecule has 3 aliphatic rings. The molecule has 1 atom stereocenters. The molecule has 3 heterocycles. The van der Waals surface area contributed by atoms with Gasteiger partial charge < -0.3 is 20.8 Å². The first kappa shape index (κ1) is 24.6. The van der Waals surface area contributed by atoms with Crippen molar-refractivity contribution in [2.24, 2.45) is 5.92 Å². The van der Waals surface area contributed by atoms with Crippen molar-refractivity contribution >= 4 is 11.9 Å². The maximum Gasteiger partial charge on any atom is 0.309 e. The van der Waals surface area contributed by atoms with Crippen LogP contribution in [0, 0.1) is 5.92 Å². The zero-order valence-corrected chi connectivity index (χ0v) is 19.5. The SMILES string of the molecule is CC(C(=O)O)C1(O)CCN(Cc2ccccc2)CC1.CC1(C)NC(=O)C2(CCNCC2)N1. The highest BCUT2D eigenvalue weighted by Gasteiger charge is 2.49. The maximum atomic E-state index is 11.8. The fourth-order valence-corrected chi connectivity index (χ4v) is 4.90. The van der Waals surface area contributed by atoms with E-state index in [1.807, 2.05) is 32.0 Å². The van der Waals surface area contributed by atoms with Crippen molar-refractivity contribution in [3.05, 3.63) is 35.9 Å². The third-order valence-corrected chi connectivity index (χ3v) is 7.02. The van der Waals surface area contributed by atoms with Gasteiger partial charge in [-0.05, 0) is 65.1 Å². The lowest BCUT2D eigenvalue weighted by atomic mass is 9.80. The molecule has 1 spiro atoms. The average molecular weight is 447 g/mol. The quantitative estimate of drug-likeness (QED) is 0.474. The molecule has 4 rings (SSSR count). The van der Waals surface area contributed by atoms with Gasteiger partial charge in [-0.2, -0.15) is 0 Å². The second-order valence-corrected chi connectivity index (χ2v) is 9.96. The number of nitrogens with zero attached hydrogens (tertiary/aromatic N) is 1. The van der Waals surface area contributed by atoms with Crippen LogP contribution in [0.2, 0.25) is 0 Å². The summed E-state index contributed by atoms with van der Waals surface area (Å²) < 4.78 is 0. The predicted molar refractivity (Wildman–Crippen MR) is 123 cm³/mol. The Morgan fingerprint density at radius 2 is 1.69 bits per heavy atom. The first-order valence-corrected chi connectivity index (χ1v) is 11.6. The Morgan fingerprint density at radius 3 is 2.19 bits per heavy atom. The lowest BCUT2D eigenvalue weighted by Gasteiger charge is -2.40. The first-order chi connectivity index (χ1) is 15.1. The Hall–Kier alpha value is -2.00. The van der Waals surface area contributed by atoms with Gasteiger partial charge in [-0.15, -0.1) is 0 Å². The number of nitrogens with one attached hydrogen (secondary N) is 3. The van der Waals surface area contributed by atoms with Crippen LogP contribution in [-0.4, -0.2) is 70.0 Å². The molecule has 3 aliphatic heterocycles. The van der Waals surface area contributed by atoms with Crippen molar-refractivity contribution in [1.29, 1.82) is 0 Å². The monoisotopic (exact) mass is 446 g/mol. The molecule has 1 amide bonds. The Labute approximate surface area is 190 Å². The number of carboxylic acid groups (broad SMARTS) is 1. The molecule has 8 nitrogen and oxygen atoms in total. The Balaban J connectivity index is 0.000000193. The zero-order chi connectivity index (χ0) is 23.4. The van der Waals surface area contributed by atoms with Crippen molar-refractivity contribution in [3.8, 4) is 0 Å². The van der Waals surface area contributed by atoms with Crippen molar-refractivity contribution in [1.82, 2.24) is 20.9 Å². The summed E-state index contributed by atoms with van der Waals surface area (Å²) in [5.74, 6) is -1.45. The number of hydrogen-bond acceptors (Lipinski definition) is 6. The summed E-state index contributed by atoms with van der Waals surface area (Å²) in [6.45, 7) is 9.79. The second-order valence-electron chi connectivity index (χ2n) is 9.96. The lowest BCUT2D eigenvalue weighted by Crippen LogP contribution is -2.55. The Bertz CT molecular complexity index is 784. The first-order valence-electron chi connectivity index (χ1n) is 11.6. The van der Waals surface area contributed by atoms with E-state index in [0.717, 1.165) is 45.6 Å². The molecule has 0 saturated carbocycles. The summed E-state index contributed by atoms with van der Waals surface area (Å²) in [6, 6.07) is 10.2. The van der Waals surface area contributed by atoms with Crippen LogP contribution in [0.5, 0.6) is 0 Å². The van der Waals surface area contributed by atoms with Gasteiger partial charge in [-0.1, -0.05) is 30.3 Å². The standard InChI is InChI=1S/C15H21NO3.C9H17N3O/c1-12(14(17)18)15(19)7-9-16(10-8-15)11-13-5-3-2-4-6-13;1-8(2)11-7(13)9(12-8)3-5-10-6-4-9/h2-6,12,19H,7-11H2,1H3,(H,17,18);10,12H,3-6H2,1-2H3,(H,11,13). The topological polar surface area (TPSA) is 114 Å². The van der Waals surface area contributed by atoms with Crippen LogP contribution in [0.25, 0.3) is 0 Å². The number of carbonyl (C=O) groups excluding carboxylic acids is 1. The molecule has 0 radical (unpaired) electrons. The van der Waals surface area contributed by atoms with E-state index in [9.17, 15) is 14.7 Å². The van der Waals surface area contributed by atoms with Crippen LogP contribution in [0.1, 0.15) is 52.0 Å². The fourth-order valence-electron chi connectivity index (χ4n) is 4.90. The van der Waals surface area contributed by atoms with Gasteiger partial charge >= 0.3 is 5.97 Å². The van der Waals surface area contributed by atoms with Crippen molar-refractivity contribution in [2.45, 2.75) is 69.8 Å². The van der Waals surface area contributed by atoms with Gasteiger partial charge in [0.25, 0.3) is 0 Å². The van der Waals surface area contributed by atoms with Gasteiger partial charge in [-0.25, -0.2) is 0 Å². The highest BCUT2D eigenvalue weighted by atomic mass is 16.4. The summed E-state index contributed by atoms with van der Waals surface area (Å²) in [6.07, 6.45) is 2.82. The molecule has 5 N–H and O–H groups in total. The number of rotatable bonds is 4. The summed E-state index contributed by atoms with van der Waals surface area (Å²) >= 11 is 0. The number of amides is 1. The molecule has 3 fully saturated rings. The molecule has 0 bridgehead atoms. The van der Waals surface area contributed by atoms with E-state index in [2.05, 4.69) is 33.0 Å². The maximum absolute atomic E-state index is 11.8. The Kier molecular flexibility index (Phi) is 7.60. The van der Waals surface area contributed by atoms with E-state index < -0.39 is 17.5 Å². The molecule has 1 aromatic carbocycles. The smallest absolute Gasteiger partial charge is 0.309 e. The largest absolute Gasteiger partial charge is 0.481 e. The molecule has 178 valence electrons. The molecule has 8 heteroatoms. The van der Waals surface area contributed by atoms with E-state index in [0.29, 0.717) is 12.8 Å². The van der Waals surface area contributed by atoms with E-state index >= 15 is 0 Å². The molecular weight excluding hydrogens is 408 g/mol. The van der Waals surface area contributed by atoms with Crippen LogP contribution in [0.4, 0.5) is 0 Å². The van der Waals surface area contributed by atoms with E-state index in [1.54, 1.807) is 6.92 Å². The van der Waals surface area contributed by atoms with E-state index in [-0.39, 0.29) is 17.1 Å². The highest BCUT2D eigenvalue weighted by molar-refractivity contribution is 5.89. The third kappa shape index (κ3) is 5.86. The van der Waals surface area contributed by atoms with Crippen molar-refractivity contribution < 1.29 is 19.8 Å². The van der Waals surface area contributed by atoms with Gasteiger partial charge in [0, 0.05) is 19.6 Å². The predicted octanol–water partition coefficient (Wildman–Crippen LogP) is 1.30. The molecule has 32 heavy (non-hydrogen) atoms. The van der Waals surface area contributed by atoms with Gasteiger partial charge in [-0.3, -0.25) is 19.8 Å². The van der Waals surface area contributed by atoms with Gasteiger partial charge in [0.05, 0.1) is 17.2 Å². The van der Waals surface area contributed by atoms with Crippen molar-refractivity contribution in [3.63, 3.8) is 0 Å².